The maximum Gasteiger partial charge on any atom is 0.240 e. The first kappa shape index (κ1) is 24.2. The molecular weight excluding hydrogens is 440 g/mol. The second-order valence-electron chi connectivity index (χ2n) is 9.38. The lowest BCUT2D eigenvalue weighted by atomic mass is 9.92. The second-order valence-corrected chi connectivity index (χ2v) is 11.2. The molecule has 0 saturated carbocycles. The lowest BCUT2D eigenvalue weighted by molar-refractivity contribution is -0.135. The molecule has 0 unspecified atom stereocenters. The largest absolute Gasteiger partial charge is 0.342 e. The van der Waals surface area contributed by atoms with Crippen molar-refractivity contribution in [3.8, 4) is 0 Å². The number of likely N-dealkylation sites (tertiary alicyclic amines) is 1. The van der Waals surface area contributed by atoms with Gasteiger partial charge in [-0.15, -0.1) is 0 Å². The van der Waals surface area contributed by atoms with E-state index in [1.807, 2.05) is 11.0 Å². The van der Waals surface area contributed by atoms with Crippen LogP contribution in [0.5, 0.6) is 0 Å². The molecule has 4 rings (SSSR count). The van der Waals surface area contributed by atoms with E-state index < -0.39 is 10.0 Å². The minimum atomic E-state index is -3.62. The van der Waals surface area contributed by atoms with Crippen LogP contribution < -0.4 is 4.72 Å². The number of piperidine rings is 1. The van der Waals surface area contributed by atoms with Crippen molar-refractivity contribution in [1.29, 1.82) is 0 Å². The summed E-state index contributed by atoms with van der Waals surface area (Å²) >= 11 is 0. The van der Waals surface area contributed by atoms with Crippen molar-refractivity contribution >= 4 is 21.8 Å². The van der Waals surface area contributed by atoms with Gasteiger partial charge in [-0.3, -0.25) is 14.5 Å². The average molecular weight is 477 g/mol. The van der Waals surface area contributed by atoms with Crippen LogP contribution in [0.15, 0.2) is 23.1 Å². The fourth-order valence-electron chi connectivity index (χ4n) is 5.00. The van der Waals surface area contributed by atoms with Gasteiger partial charge in [0.05, 0.1) is 11.4 Å². The molecule has 2 amide bonds. The molecule has 2 heterocycles. The Morgan fingerprint density at radius 2 is 1.45 bits per heavy atom. The van der Waals surface area contributed by atoms with Crippen molar-refractivity contribution in [2.75, 3.05) is 52.4 Å². The fourth-order valence-corrected chi connectivity index (χ4v) is 6.08. The van der Waals surface area contributed by atoms with Crippen LogP contribution >= 0.6 is 0 Å². The zero-order valence-electron chi connectivity index (χ0n) is 19.4. The lowest BCUT2D eigenvalue weighted by Gasteiger charge is -2.36. The highest BCUT2D eigenvalue weighted by Gasteiger charge is 2.25. The van der Waals surface area contributed by atoms with E-state index in [0.717, 1.165) is 57.2 Å². The molecule has 182 valence electrons. The Balaban J connectivity index is 1.19. The van der Waals surface area contributed by atoms with Gasteiger partial charge in [-0.2, -0.15) is 0 Å². The molecule has 1 aromatic rings. The van der Waals surface area contributed by atoms with Crippen molar-refractivity contribution in [2.45, 2.75) is 56.3 Å². The highest BCUT2D eigenvalue weighted by molar-refractivity contribution is 7.89. The molecule has 1 aromatic carbocycles. The van der Waals surface area contributed by atoms with E-state index in [-0.39, 0.29) is 29.7 Å². The Morgan fingerprint density at radius 3 is 2.18 bits per heavy atom. The predicted octanol–water partition coefficient (Wildman–Crippen LogP) is 1.39. The van der Waals surface area contributed by atoms with Crippen molar-refractivity contribution in [1.82, 2.24) is 19.4 Å². The van der Waals surface area contributed by atoms with Gasteiger partial charge in [-0.1, -0.05) is 6.07 Å². The highest BCUT2D eigenvalue weighted by atomic mass is 32.2. The third-order valence-electron chi connectivity index (χ3n) is 7.05. The summed E-state index contributed by atoms with van der Waals surface area (Å²) < 4.78 is 27.9. The van der Waals surface area contributed by atoms with Crippen LogP contribution in [0.4, 0.5) is 0 Å². The number of nitrogens with one attached hydrogen (secondary N) is 1. The predicted molar refractivity (Wildman–Crippen MR) is 126 cm³/mol. The maximum atomic E-state index is 12.7. The third-order valence-corrected chi connectivity index (χ3v) is 8.51. The molecule has 2 saturated heterocycles. The number of rotatable bonds is 7. The number of nitrogens with zero attached hydrogens (tertiary/aromatic N) is 3. The average Bonchev–Trinajstić information content (AvgIpc) is 2.84. The number of piperazine rings is 1. The van der Waals surface area contributed by atoms with Crippen LogP contribution in [0.2, 0.25) is 0 Å². The first-order chi connectivity index (χ1) is 15.9. The highest BCUT2D eigenvalue weighted by Crippen LogP contribution is 2.24. The van der Waals surface area contributed by atoms with E-state index >= 15 is 0 Å². The molecule has 33 heavy (non-hydrogen) atoms. The van der Waals surface area contributed by atoms with Crippen molar-refractivity contribution < 1.29 is 18.0 Å². The molecule has 8 nitrogen and oxygen atoms in total. The molecule has 1 N–H and O–H groups in total. The van der Waals surface area contributed by atoms with Gasteiger partial charge >= 0.3 is 0 Å². The minimum absolute atomic E-state index is 0.0508. The van der Waals surface area contributed by atoms with E-state index in [9.17, 15) is 18.0 Å². The quantitative estimate of drug-likeness (QED) is 0.642. The van der Waals surface area contributed by atoms with Gasteiger partial charge < -0.3 is 9.80 Å². The van der Waals surface area contributed by atoms with Crippen LogP contribution in [0.3, 0.4) is 0 Å². The van der Waals surface area contributed by atoms with Gasteiger partial charge in [-0.05, 0) is 68.2 Å². The molecule has 0 bridgehead atoms. The first-order valence-corrected chi connectivity index (χ1v) is 13.8. The molecule has 0 radical (unpaired) electrons. The summed E-state index contributed by atoms with van der Waals surface area (Å²) in [5, 5.41) is 0. The number of hydrogen-bond acceptors (Lipinski definition) is 5. The Morgan fingerprint density at radius 1 is 0.788 bits per heavy atom. The van der Waals surface area contributed by atoms with E-state index in [0.29, 0.717) is 32.7 Å². The van der Waals surface area contributed by atoms with E-state index in [4.69, 9.17) is 0 Å². The van der Waals surface area contributed by atoms with Crippen molar-refractivity contribution in [3.05, 3.63) is 29.3 Å². The third kappa shape index (κ3) is 6.33. The monoisotopic (exact) mass is 476 g/mol. The molecule has 0 aromatic heterocycles. The fraction of sp³-hybridized carbons (Fsp3) is 0.667. The Bertz CT molecular complexity index is 951. The molecule has 2 fully saturated rings. The number of benzene rings is 1. The number of sulfonamides is 1. The summed E-state index contributed by atoms with van der Waals surface area (Å²) in [4.78, 5) is 31.2. The number of carbonyl (C=O) groups excluding carboxylic acids is 2. The van der Waals surface area contributed by atoms with Crippen molar-refractivity contribution in [2.24, 2.45) is 0 Å². The smallest absolute Gasteiger partial charge is 0.240 e. The van der Waals surface area contributed by atoms with Gasteiger partial charge in [-0.25, -0.2) is 13.1 Å². The second kappa shape index (κ2) is 11.0. The van der Waals surface area contributed by atoms with E-state index in [1.165, 1.54) is 12.0 Å². The zero-order valence-corrected chi connectivity index (χ0v) is 20.2. The van der Waals surface area contributed by atoms with E-state index in [1.54, 1.807) is 17.0 Å². The summed E-state index contributed by atoms with van der Waals surface area (Å²) in [7, 11) is -3.62. The Kier molecular flexibility index (Phi) is 8.03. The normalized spacial score (nSPS) is 19.9. The number of amides is 2. The number of fused-ring (bicyclic) bond motifs is 1. The molecule has 1 aliphatic carbocycles. The van der Waals surface area contributed by atoms with Crippen LogP contribution in [0.25, 0.3) is 0 Å². The summed E-state index contributed by atoms with van der Waals surface area (Å²) in [5.41, 5.74) is 2.36. The molecule has 0 atom stereocenters. The molecular formula is C24H36N4O4S. The summed E-state index contributed by atoms with van der Waals surface area (Å²) in [6, 6.07) is 5.37. The van der Waals surface area contributed by atoms with Crippen LogP contribution in [-0.2, 0) is 32.5 Å². The Hall–Kier alpha value is -1.97. The number of hydrogen-bond donors (Lipinski definition) is 1. The minimum Gasteiger partial charge on any atom is -0.342 e. The van der Waals surface area contributed by atoms with Crippen LogP contribution in [0, 0.1) is 0 Å². The maximum absolute atomic E-state index is 12.7. The molecule has 3 aliphatic rings. The molecule has 9 heteroatoms. The molecule has 0 spiro atoms. The van der Waals surface area contributed by atoms with Gasteiger partial charge in [0.2, 0.25) is 21.8 Å². The summed E-state index contributed by atoms with van der Waals surface area (Å²) in [6.07, 6.45) is 7.70. The standard InChI is InChI=1S/C24H36N4O4S/c29-23(28-16-14-26(15-17-28)19-24(30)27-12-4-1-5-13-27)10-11-25-33(31,32)22-9-8-20-6-2-3-7-21(20)18-22/h8-9,18,25H,1-7,10-17,19H2. The SMILES string of the molecule is O=C(CCNS(=O)(=O)c1ccc2c(c1)CCCC2)N1CCN(CC(=O)N2CCCCC2)CC1. The van der Waals surface area contributed by atoms with Crippen LogP contribution in [0.1, 0.15) is 49.7 Å². The summed E-state index contributed by atoms with van der Waals surface area (Å²) in [6.45, 7) is 4.72. The van der Waals surface area contributed by atoms with Gasteiger partial charge in [0.1, 0.15) is 0 Å². The number of carbonyl (C=O) groups is 2. The molecule has 2 aliphatic heterocycles. The van der Waals surface area contributed by atoms with Gasteiger partial charge in [0.25, 0.3) is 0 Å². The summed E-state index contributed by atoms with van der Waals surface area (Å²) in [5.74, 6) is 0.135. The lowest BCUT2D eigenvalue weighted by Crippen LogP contribution is -2.52. The van der Waals surface area contributed by atoms with Crippen molar-refractivity contribution in [3.63, 3.8) is 0 Å². The number of aryl methyl sites for hydroxylation is 2. The van der Waals surface area contributed by atoms with Crippen LogP contribution in [-0.4, -0.2) is 87.3 Å². The van der Waals surface area contributed by atoms with Gasteiger partial charge in [0.15, 0.2) is 0 Å². The zero-order chi connectivity index (χ0) is 23.3. The Labute approximate surface area is 197 Å². The van der Waals surface area contributed by atoms with E-state index in [2.05, 4.69) is 9.62 Å². The van der Waals surface area contributed by atoms with Gasteiger partial charge in [0, 0.05) is 52.2 Å². The first-order valence-electron chi connectivity index (χ1n) is 12.3. The topological polar surface area (TPSA) is 90.0 Å².